The maximum Gasteiger partial charge on any atom is 0.318 e. The summed E-state index contributed by atoms with van der Waals surface area (Å²) in [6.07, 6.45) is 6.38. The van der Waals surface area contributed by atoms with Crippen LogP contribution >= 0.6 is 0 Å². The number of allylic oxidation sites excluding steroid dienone is 2. The fourth-order valence-corrected chi connectivity index (χ4v) is 3.40. The van der Waals surface area contributed by atoms with Crippen LogP contribution in [0, 0.1) is 18.3 Å². The van der Waals surface area contributed by atoms with Crippen molar-refractivity contribution in [2.45, 2.75) is 20.0 Å². The van der Waals surface area contributed by atoms with Gasteiger partial charge in [0.2, 0.25) is 0 Å². The van der Waals surface area contributed by atoms with Crippen LogP contribution < -0.4 is 10.9 Å². The maximum atomic E-state index is 12.9. The topological polar surface area (TPSA) is 88.8 Å². The second-order valence-electron chi connectivity index (χ2n) is 6.21. The minimum Gasteiger partial charge on any atom is -0.458 e. The van der Waals surface area contributed by atoms with Gasteiger partial charge in [-0.2, -0.15) is 0 Å². The lowest BCUT2D eigenvalue weighted by molar-refractivity contribution is -0.155. The Kier molecular flexibility index (Phi) is 3.30. The summed E-state index contributed by atoms with van der Waals surface area (Å²) in [5.41, 5.74) is 8.29. The number of hydrogen-bond acceptors (Lipinski definition) is 7. The number of hydrogen-bond donors (Lipinski definition) is 2. The Morgan fingerprint density at radius 3 is 3.30 bits per heavy atom. The van der Waals surface area contributed by atoms with Crippen LogP contribution in [0.25, 0.3) is 0 Å². The number of dihydropyridines is 1. The van der Waals surface area contributed by atoms with Crippen molar-refractivity contribution < 1.29 is 14.1 Å². The minimum atomic E-state index is -0.699. The maximum absolute atomic E-state index is 12.9. The highest BCUT2D eigenvalue weighted by Crippen LogP contribution is 2.45. The number of hydrazine groups is 1. The summed E-state index contributed by atoms with van der Waals surface area (Å²) in [7, 11) is 0. The van der Waals surface area contributed by atoms with Crippen molar-refractivity contribution in [2.24, 2.45) is 16.3 Å². The van der Waals surface area contributed by atoms with Gasteiger partial charge in [0.25, 0.3) is 0 Å². The van der Waals surface area contributed by atoms with E-state index < -0.39 is 5.41 Å². The van der Waals surface area contributed by atoms with E-state index in [1.165, 1.54) is 0 Å². The van der Waals surface area contributed by atoms with Gasteiger partial charge in [-0.25, -0.2) is 5.43 Å². The normalized spacial score (nSPS) is 28.3. The summed E-state index contributed by atoms with van der Waals surface area (Å²) in [6.45, 7) is 3.16. The fraction of sp³-hybridized carbons (Fsp3) is 0.438. The number of nitrogens with one attached hydrogen (secondary N) is 2. The van der Waals surface area contributed by atoms with Gasteiger partial charge in [0.15, 0.2) is 0 Å². The first-order chi connectivity index (χ1) is 11.2. The van der Waals surface area contributed by atoms with E-state index in [4.69, 9.17) is 9.26 Å². The van der Waals surface area contributed by atoms with Crippen LogP contribution in [0.4, 0.5) is 0 Å². The molecular weight excluding hydrogens is 296 g/mol. The third kappa shape index (κ3) is 2.37. The number of ether oxygens (including phenoxy) is 1. The van der Waals surface area contributed by atoms with Gasteiger partial charge in [-0.15, -0.1) is 0 Å². The SMILES string of the molecule is Cc1cc(COC(=O)C23CN=CC=C2C=C2NNCC2C3)no1. The Morgan fingerprint density at radius 1 is 1.57 bits per heavy atom. The molecule has 7 heteroatoms. The fourth-order valence-electron chi connectivity index (χ4n) is 3.40. The van der Waals surface area contributed by atoms with Crippen molar-refractivity contribution in [2.75, 3.05) is 13.1 Å². The molecule has 4 rings (SSSR count). The van der Waals surface area contributed by atoms with Gasteiger partial charge in [-0.3, -0.25) is 9.79 Å². The number of rotatable bonds is 3. The zero-order valence-corrected chi connectivity index (χ0v) is 12.8. The van der Waals surface area contributed by atoms with Gasteiger partial charge >= 0.3 is 5.97 Å². The summed E-state index contributed by atoms with van der Waals surface area (Å²) in [4.78, 5) is 17.2. The number of carbonyl (C=O) groups excluding carboxylic acids is 1. The number of aliphatic imine (C=N–C) groups is 1. The smallest absolute Gasteiger partial charge is 0.318 e. The Morgan fingerprint density at radius 2 is 2.48 bits per heavy atom. The molecule has 1 aromatic heterocycles. The first-order valence-electron chi connectivity index (χ1n) is 7.68. The third-order valence-electron chi connectivity index (χ3n) is 4.62. The number of aryl methyl sites for hydroxylation is 1. The molecule has 0 spiro atoms. The molecule has 3 aliphatic rings. The van der Waals surface area contributed by atoms with Crippen molar-refractivity contribution in [1.29, 1.82) is 0 Å². The molecule has 120 valence electrons. The quantitative estimate of drug-likeness (QED) is 0.810. The van der Waals surface area contributed by atoms with Crippen LogP contribution in [-0.2, 0) is 16.1 Å². The highest BCUT2D eigenvalue weighted by Gasteiger charge is 2.49. The molecule has 2 N–H and O–H groups in total. The highest BCUT2D eigenvalue weighted by atomic mass is 16.5. The third-order valence-corrected chi connectivity index (χ3v) is 4.62. The van der Waals surface area contributed by atoms with E-state index in [0.717, 1.165) is 17.8 Å². The lowest BCUT2D eigenvalue weighted by Crippen LogP contribution is -2.43. The van der Waals surface area contributed by atoms with E-state index in [-0.39, 0.29) is 18.5 Å². The number of esters is 1. The van der Waals surface area contributed by atoms with E-state index in [9.17, 15) is 4.79 Å². The number of nitrogens with zero attached hydrogens (tertiary/aromatic N) is 2. The van der Waals surface area contributed by atoms with Crippen LogP contribution in [0.2, 0.25) is 0 Å². The molecule has 2 aliphatic heterocycles. The average Bonchev–Trinajstić information content (AvgIpc) is 3.18. The van der Waals surface area contributed by atoms with Crippen molar-refractivity contribution in [3.63, 3.8) is 0 Å². The Balaban J connectivity index is 1.56. The molecule has 2 atom stereocenters. The monoisotopic (exact) mass is 314 g/mol. The average molecular weight is 314 g/mol. The van der Waals surface area contributed by atoms with Gasteiger partial charge in [0.05, 0.1) is 6.54 Å². The first-order valence-corrected chi connectivity index (χ1v) is 7.68. The van der Waals surface area contributed by atoms with Gasteiger partial charge in [-0.05, 0) is 31.1 Å². The zero-order chi connectivity index (χ0) is 15.9. The first kappa shape index (κ1) is 14.2. The van der Waals surface area contributed by atoms with Gasteiger partial charge < -0.3 is 14.7 Å². The largest absolute Gasteiger partial charge is 0.458 e. The molecule has 1 aliphatic carbocycles. The predicted octanol–water partition coefficient (Wildman–Crippen LogP) is 1.04. The molecule has 23 heavy (non-hydrogen) atoms. The Labute approximate surface area is 133 Å². The van der Waals surface area contributed by atoms with Crippen LogP contribution in [0.3, 0.4) is 0 Å². The van der Waals surface area contributed by atoms with Crippen LogP contribution in [0.5, 0.6) is 0 Å². The standard InChI is InChI=1S/C16H18N4O3/c1-10-4-13(20-23-10)8-22-15(21)16-6-11-7-18-19-14(11)5-12(16)2-3-17-9-16/h2-5,11,18-19H,6-9H2,1H3. The van der Waals surface area contributed by atoms with E-state index in [1.54, 1.807) is 19.2 Å². The molecule has 0 amide bonds. The second-order valence-corrected chi connectivity index (χ2v) is 6.21. The molecule has 0 radical (unpaired) electrons. The van der Waals surface area contributed by atoms with E-state index in [2.05, 4.69) is 21.0 Å². The molecule has 0 aromatic carbocycles. The van der Waals surface area contributed by atoms with E-state index in [1.807, 2.05) is 12.2 Å². The van der Waals surface area contributed by atoms with Crippen LogP contribution in [0.15, 0.2) is 39.0 Å². The summed E-state index contributed by atoms with van der Waals surface area (Å²) in [5, 5.41) is 3.86. The summed E-state index contributed by atoms with van der Waals surface area (Å²) in [6, 6.07) is 1.77. The molecule has 1 fully saturated rings. The molecule has 1 aromatic rings. The summed E-state index contributed by atoms with van der Waals surface area (Å²) >= 11 is 0. The summed E-state index contributed by atoms with van der Waals surface area (Å²) < 4.78 is 10.5. The van der Waals surface area contributed by atoms with Gasteiger partial charge in [0, 0.05) is 30.4 Å². The van der Waals surface area contributed by atoms with Gasteiger partial charge in [-0.1, -0.05) is 5.16 Å². The molecule has 0 bridgehead atoms. The van der Waals surface area contributed by atoms with Crippen molar-refractivity contribution >= 4 is 12.2 Å². The number of fused-ring (bicyclic) bond motifs is 2. The zero-order valence-electron chi connectivity index (χ0n) is 12.8. The molecule has 0 saturated carbocycles. The Bertz CT molecular complexity index is 733. The number of aromatic nitrogens is 1. The minimum absolute atomic E-state index is 0.118. The van der Waals surface area contributed by atoms with Crippen LogP contribution in [-0.4, -0.2) is 30.4 Å². The lowest BCUT2D eigenvalue weighted by Gasteiger charge is -2.38. The number of carbonyl (C=O) groups is 1. The van der Waals surface area contributed by atoms with Crippen molar-refractivity contribution in [3.8, 4) is 0 Å². The predicted molar refractivity (Wildman–Crippen MR) is 82.2 cm³/mol. The van der Waals surface area contributed by atoms with E-state index in [0.29, 0.717) is 24.4 Å². The van der Waals surface area contributed by atoms with Crippen LogP contribution in [0.1, 0.15) is 17.9 Å². The Hall–Kier alpha value is -2.41. The molecule has 3 heterocycles. The molecule has 7 nitrogen and oxygen atoms in total. The van der Waals surface area contributed by atoms with Crippen molar-refractivity contribution in [3.05, 3.63) is 40.9 Å². The molecule has 1 saturated heterocycles. The second kappa shape index (κ2) is 5.34. The van der Waals surface area contributed by atoms with E-state index >= 15 is 0 Å². The lowest BCUT2D eigenvalue weighted by atomic mass is 9.68. The highest BCUT2D eigenvalue weighted by molar-refractivity contribution is 5.88. The molecule has 2 unspecified atom stereocenters. The van der Waals surface area contributed by atoms with Crippen molar-refractivity contribution in [1.82, 2.24) is 16.0 Å². The molecular formula is C16H18N4O3. The van der Waals surface area contributed by atoms with Gasteiger partial charge in [0.1, 0.15) is 23.5 Å². The summed E-state index contributed by atoms with van der Waals surface area (Å²) in [5.74, 6) is 0.733.